The van der Waals surface area contributed by atoms with Gasteiger partial charge >= 0.3 is 6.09 Å². The van der Waals surface area contributed by atoms with Crippen LogP contribution >= 0.6 is 27.3 Å². The Labute approximate surface area is 150 Å². The van der Waals surface area contributed by atoms with E-state index in [-0.39, 0.29) is 18.2 Å². The van der Waals surface area contributed by atoms with E-state index >= 15 is 0 Å². The molecule has 2 heterocycles. The molecule has 1 aromatic rings. The number of halogens is 1. The van der Waals surface area contributed by atoms with E-state index in [9.17, 15) is 4.79 Å². The number of thiophene rings is 1. The van der Waals surface area contributed by atoms with Gasteiger partial charge in [0.15, 0.2) is 0 Å². The molecule has 5 nitrogen and oxygen atoms in total. The second-order valence-electron chi connectivity index (χ2n) is 6.67. The third-order valence-corrected chi connectivity index (χ3v) is 5.61. The Morgan fingerprint density at radius 1 is 1.61 bits per heavy atom. The summed E-state index contributed by atoms with van der Waals surface area (Å²) in [6.07, 6.45) is -0.266. The maximum atomic E-state index is 12.4. The van der Waals surface area contributed by atoms with Gasteiger partial charge in [0.25, 0.3) is 0 Å². The smallest absolute Gasteiger partial charge is 0.410 e. The molecule has 23 heavy (non-hydrogen) atoms. The molecule has 1 N–H and O–H groups in total. The third kappa shape index (κ3) is 5.45. The summed E-state index contributed by atoms with van der Waals surface area (Å²) in [5.41, 5.74) is -0.484. The minimum absolute atomic E-state index is 0.0141. The molecule has 130 valence electrons. The van der Waals surface area contributed by atoms with E-state index in [1.165, 1.54) is 4.88 Å². The van der Waals surface area contributed by atoms with Crippen LogP contribution in [0.4, 0.5) is 4.79 Å². The van der Waals surface area contributed by atoms with E-state index < -0.39 is 5.60 Å². The van der Waals surface area contributed by atoms with Crippen molar-refractivity contribution in [3.8, 4) is 0 Å². The second kappa shape index (κ2) is 7.96. The van der Waals surface area contributed by atoms with Gasteiger partial charge in [0.1, 0.15) is 5.60 Å². The highest BCUT2D eigenvalue weighted by molar-refractivity contribution is 9.10. The number of carbonyl (C=O) groups is 1. The molecule has 1 fully saturated rings. The lowest BCUT2D eigenvalue weighted by Gasteiger charge is -2.37. The van der Waals surface area contributed by atoms with Crippen molar-refractivity contribution in [2.75, 3.05) is 26.3 Å². The van der Waals surface area contributed by atoms with Crippen molar-refractivity contribution in [3.63, 3.8) is 0 Å². The monoisotopic (exact) mass is 404 g/mol. The first kappa shape index (κ1) is 18.7. The Balaban J connectivity index is 1.93. The van der Waals surface area contributed by atoms with Gasteiger partial charge < -0.3 is 14.8 Å². The fourth-order valence-electron chi connectivity index (χ4n) is 2.40. The number of nitrogens with zero attached hydrogens (tertiary/aromatic N) is 1. The van der Waals surface area contributed by atoms with Gasteiger partial charge in [-0.05, 0) is 55.1 Å². The standard InChI is InChI=1S/C16H25BrN2O3S/c1-11(14-13(17)5-8-23-14)18-9-12-10-21-7-6-19(12)15(20)22-16(2,3)4/h5,8,11-12,18H,6-7,9-10H2,1-4H3. The highest BCUT2D eigenvalue weighted by Crippen LogP contribution is 2.28. The number of amides is 1. The van der Waals surface area contributed by atoms with Crippen molar-refractivity contribution in [3.05, 3.63) is 20.8 Å². The SMILES string of the molecule is CC(NCC1COCCN1C(=O)OC(C)(C)C)c1sccc1Br. The summed E-state index contributed by atoms with van der Waals surface area (Å²) in [5, 5.41) is 5.56. The molecule has 2 atom stereocenters. The van der Waals surface area contributed by atoms with Gasteiger partial charge in [0, 0.05) is 28.5 Å². The normalized spacial score (nSPS) is 20.4. The van der Waals surface area contributed by atoms with Crippen molar-refractivity contribution in [1.82, 2.24) is 10.2 Å². The molecule has 1 aliphatic heterocycles. The molecular formula is C16H25BrN2O3S. The second-order valence-corrected chi connectivity index (χ2v) is 8.47. The molecule has 2 rings (SSSR count). The Hall–Kier alpha value is -0.630. The van der Waals surface area contributed by atoms with Gasteiger partial charge in [-0.15, -0.1) is 11.3 Å². The molecule has 1 aromatic heterocycles. The van der Waals surface area contributed by atoms with Crippen LogP contribution < -0.4 is 5.32 Å². The van der Waals surface area contributed by atoms with E-state index in [0.717, 1.165) is 4.47 Å². The number of morpholine rings is 1. The number of ether oxygens (including phenoxy) is 2. The number of carbonyl (C=O) groups excluding carboxylic acids is 1. The van der Waals surface area contributed by atoms with Crippen molar-refractivity contribution in [2.24, 2.45) is 0 Å². The predicted molar refractivity (Wildman–Crippen MR) is 96.0 cm³/mol. The molecular weight excluding hydrogens is 380 g/mol. The average Bonchev–Trinajstić information content (AvgIpc) is 2.89. The van der Waals surface area contributed by atoms with Gasteiger partial charge in [-0.25, -0.2) is 4.79 Å². The molecule has 0 aromatic carbocycles. The number of hydrogen-bond acceptors (Lipinski definition) is 5. The largest absolute Gasteiger partial charge is 0.444 e. The van der Waals surface area contributed by atoms with E-state index in [4.69, 9.17) is 9.47 Å². The summed E-state index contributed by atoms with van der Waals surface area (Å²) in [7, 11) is 0. The Bertz CT molecular complexity index is 530. The van der Waals surface area contributed by atoms with Crippen molar-refractivity contribution < 1.29 is 14.3 Å². The number of nitrogens with one attached hydrogen (secondary N) is 1. The van der Waals surface area contributed by atoms with Crippen LogP contribution in [-0.2, 0) is 9.47 Å². The summed E-state index contributed by atoms with van der Waals surface area (Å²) >= 11 is 5.28. The Morgan fingerprint density at radius 2 is 2.35 bits per heavy atom. The first-order chi connectivity index (χ1) is 10.8. The highest BCUT2D eigenvalue weighted by Gasteiger charge is 2.31. The van der Waals surface area contributed by atoms with Crippen molar-refractivity contribution in [2.45, 2.75) is 45.4 Å². The summed E-state index contributed by atoms with van der Waals surface area (Å²) in [4.78, 5) is 15.4. The van der Waals surface area contributed by atoms with Crippen molar-refractivity contribution >= 4 is 33.4 Å². The lowest BCUT2D eigenvalue weighted by Crippen LogP contribution is -2.54. The van der Waals surface area contributed by atoms with Gasteiger partial charge in [-0.1, -0.05) is 0 Å². The van der Waals surface area contributed by atoms with Gasteiger partial charge in [0.05, 0.1) is 19.3 Å². The van der Waals surface area contributed by atoms with Gasteiger partial charge in [0.2, 0.25) is 0 Å². The average molecular weight is 405 g/mol. The van der Waals surface area contributed by atoms with Crippen molar-refractivity contribution in [1.29, 1.82) is 0 Å². The molecule has 0 saturated carbocycles. The quantitative estimate of drug-likeness (QED) is 0.828. The van der Waals surface area contributed by atoms with E-state index in [1.807, 2.05) is 20.8 Å². The molecule has 0 aliphatic carbocycles. The topological polar surface area (TPSA) is 50.8 Å². The van der Waals surface area contributed by atoms with Crippen LogP contribution in [0.5, 0.6) is 0 Å². The van der Waals surface area contributed by atoms with Gasteiger partial charge in [-0.3, -0.25) is 4.90 Å². The van der Waals surface area contributed by atoms with E-state index in [2.05, 4.69) is 39.6 Å². The van der Waals surface area contributed by atoms with E-state index in [1.54, 1.807) is 16.2 Å². The van der Waals surface area contributed by atoms with Crippen LogP contribution in [-0.4, -0.2) is 48.9 Å². The fourth-order valence-corrected chi connectivity index (χ4v) is 4.15. The molecule has 1 amide bonds. The summed E-state index contributed by atoms with van der Waals surface area (Å²) < 4.78 is 12.2. The van der Waals surface area contributed by atoms with Gasteiger partial charge in [-0.2, -0.15) is 0 Å². The maximum absolute atomic E-state index is 12.4. The zero-order valence-corrected chi connectivity index (χ0v) is 16.5. The number of hydrogen-bond donors (Lipinski definition) is 1. The zero-order chi connectivity index (χ0) is 17.0. The Morgan fingerprint density at radius 3 is 2.96 bits per heavy atom. The minimum atomic E-state index is -0.484. The highest BCUT2D eigenvalue weighted by atomic mass is 79.9. The lowest BCUT2D eigenvalue weighted by atomic mass is 10.2. The van der Waals surface area contributed by atoms with Crippen LogP contribution in [0.2, 0.25) is 0 Å². The summed E-state index contributed by atoms with van der Waals surface area (Å²) in [6, 6.07) is 2.25. The molecule has 0 radical (unpaired) electrons. The van der Waals surface area contributed by atoms with Crippen LogP contribution in [0.25, 0.3) is 0 Å². The molecule has 1 aliphatic rings. The van der Waals surface area contributed by atoms with Crippen LogP contribution in [0, 0.1) is 0 Å². The fraction of sp³-hybridized carbons (Fsp3) is 0.688. The first-order valence-electron chi connectivity index (χ1n) is 7.81. The molecule has 0 spiro atoms. The Kier molecular flexibility index (Phi) is 6.48. The summed E-state index contributed by atoms with van der Waals surface area (Å²) in [5.74, 6) is 0. The zero-order valence-electron chi connectivity index (χ0n) is 14.1. The summed E-state index contributed by atoms with van der Waals surface area (Å²) in [6.45, 7) is 10.1. The molecule has 7 heteroatoms. The first-order valence-corrected chi connectivity index (χ1v) is 9.49. The van der Waals surface area contributed by atoms with Crippen LogP contribution in [0.15, 0.2) is 15.9 Å². The van der Waals surface area contributed by atoms with E-state index in [0.29, 0.717) is 26.3 Å². The predicted octanol–water partition coefficient (Wildman–Crippen LogP) is 3.80. The van der Waals surface area contributed by atoms with Crippen LogP contribution in [0.1, 0.15) is 38.6 Å². The number of rotatable bonds is 4. The minimum Gasteiger partial charge on any atom is -0.444 e. The van der Waals surface area contributed by atoms with Crippen LogP contribution in [0.3, 0.4) is 0 Å². The molecule has 1 saturated heterocycles. The molecule has 0 bridgehead atoms. The maximum Gasteiger partial charge on any atom is 0.410 e. The third-order valence-electron chi connectivity index (χ3n) is 3.55. The molecule has 2 unspecified atom stereocenters. The lowest BCUT2D eigenvalue weighted by molar-refractivity contribution is -0.0321.